The number of rotatable bonds is 3. The van der Waals surface area contributed by atoms with Gasteiger partial charge in [-0.2, -0.15) is 0 Å². The molecule has 4 bridgehead atoms. The van der Waals surface area contributed by atoms with E-state index >= 15 is 0 Å². The van der Waals surface area contributed by atoms with E-state index < -0.39 is 0 Å². The average Bonchev–Trinajstić information content (AvgIpc) is 2.35. The highest BCUT2D eigenvalue weighted by molar-refractivity contribution is 9.10. The van der Waals surface area contributed by atoms with Crippen LogP contribution in [0.5, 0.6) is 0 Å². The van der Waals surface area contributed by atoms with Gasteiger partial charge in [0.2, 0.25) is 0 Å². The summed E-state index contributed by atoms with van der Waals surface area (Å²) in [7, 11) is 0. The Morgan fingerprint density at radius 3 is 2.24 bits per heavy atom. The highest BCUT2D eigenvalue weighted by atomic mass is 79.9. The molecule has 0 atom stereocenters. The Hall–Kier alpha value is -0.610. The lowest BCUT2D eigenvalue weighted by atomic mass is 9.53. The number of benzene rings is 1. The second-order valence-corrected chi connectivity index (χ2v) is 8.64. The van der Waals surface area contributed by atoms with Gasteiger partial charge < -0.3 is 11.1 Å². The van der Waals surface area contributed by atoms with E-state index in [2.05, 4.69) is 33.4 Å². The van der Waals surface area contributed by atoms with Crippen molar-refractivity contribution in [2.75, 3.05) is 5.32 Å². The minimum absolute atomic E-state index is 0.287. The van der Waals surface area contributed by atoms with E-state index in [1.807, 2.05) is 6.07 Å². The van der Waals surface area contributed by atoms with Gasteiger partial charge in [-0.1, -0.05) is 18.3 Å². The van der Waals surface area contributed by atoms with Crippen molar-refractivity contribution in [2.45, 2.75) is 44.1 Å². The SMILES string of the molecule is NC(=S)c1c(Br)cccc1NC12CC3CC(CC(C3)C1)C2. The fourth-order valence-corrected chi connectivity index (χ4v) is 6.36. The molecule has 0 spiro atoms. The summed E-state index contributed by atoms with van der Waals surface area (Å²) in [6, 6.07) is 6.20. The number of nitrogens with two attached hydrogens (primary N) is 1. The third-order valence-electron chi connectivity index (χ3n) is 5.70. The van der Waals surface area contributed by atoms with Gasteiger partial charge in [0.15, 0.2) is 0 Å². The summed E-state index contributed by atoms with van der Waals surface area (Å²) in [6.45, 7) is 0. The molecule has 0 radical (unpaired) electrons. The number of anilines is 1. The predicted molar refractivity (Wildman–Crippen MR) is 94.6 cm³/mol. The lowest BCUT2D eigenvalue weighted by molar-refractivity contribution is 0.0107. The second kappa shape index (κ2) is 4.95. The average molecular weight is 365 g/mol. The Kier molecular flexibility index (Phi) is 3.30. The van der Waals surface area contributed by atoms with Gasteiger partial charge >= 0.3 is 0 Å². The summed E-state index contributed by atoms with van der Waals surface area (Å²) >= 11 is 8.85. The van der Waals surface area contributed by atoms with Crippen LogP contribution in [0.15, 0.2) is 22.7 Å². The Bertz CT molecular complexity index is 563. The highest BCUT2D eigenvalue weighted by Crippen LogP contribution is 2.56. The van der Waals surface area contributed by atoms with Crippen molar-refractivity contribution >= 4 is 38.8 Å². The molecule has 0 heterocycles. The van der Waals surface area contributed by atoms with E-state index in [-0.39, 0.29) is 5.54 Å². The number of nitrogens with one attached hydrogen (secondary N) is 1. The maximum absolute atomic E-state index is 5.94. The van der Waals surface area contributed by atoms with E-state index in [1.54, 1.807) is 0 Å². The molecule has 4 aliphatic carbocycles. The molecule has 0 saturated heterocycles. The molecule has 0 unspecified atom stereocenters. The molecular weight excluding hydrogens is 344 g/mol. The summed E-state index contributed by atoms with van der Waals surface area (Å²) in [5.41, 5.74) is 8.30. The topological polar surface area (TPSA) is 38.0 Å². The standard InChI is InChI=1S/C17H21BrN2S/c18-13-2-1-3-14(15(13)16(19)21)20-17-7-10-4-11(8-17)6-12(5-10)9-17/h1-3,10-12,20H,4-9H2,(H2,19,21). The number of hydrogen-bond donors (Lipinski definition) is 2. The van der Waals surface area contributed by atoms with Gasteiger partial charge in [0.05, 0.1) is 0 Å². The van der Waals surface area contributed by atoms with Crippen LogP contribution in [0.3, 0.4) is 0 Å². The maximum Gasteiger partial charge on any atom is 0.107 e. The molecule has 112 valence electrons. The molecule has 21 heavy (non-hydrogen) atoms. The molecule has 1 aromatic rings. The van der Waals surface area contributed by atoms with Crippen LogP contribution in [0.25, 0.3) is 0 Å². The van der Waals surface area contributed by atoms with Crippen molar-refractivity contribution in [3.05, 3.63) is 28.2 Å². The molecule has 0 aromatic heterocycles. The van der Waals surface area contributed by atoms with Crippen LogP contribution in [0.2, 0.25) is 0 Å². The molecular formula is C17H21BrN2S. The van der Waals surface area contributed by atoms with Gasteiger partial charge in [0.1, 0.15) is 4.99 Å². The summed E-state index contributed by atoms with van der Waals surface area (Å²) < 4.78 is 0.990. The van der Waals surface area contributed by atoms with E-state index in [0.717, 1.165) is 33.5 Å². The first-order valence-electron chi connectivity index (χ1n) is 7.91. The van der Waals surface area contributed by atoms with Crippen molar-refractivity contribution in [1.82, 2.24) is 0 Å². The first-order chi connectivity index (χ1) is 10.0. The second-order valence-electron chi connectivity index (χ2n) is 7.35. The first-order valence-corrected chi connectivity index (χ1v) is 9.11. The first kappa shape index (κ1) is 14.0. The van der Waals surface area contributed by atoms with Crippen LogP contribution in [-0.4, -0.2) is 10.5 Å². The third kappa shape index (κ3) is 2.40. The van der Waals surface area contributed by atoms with Crippen molar-refractivity contribution < 1.29 is 0 Å². The molecule has 4 aliphatic rings. The van der Waals surface area contributed by atoms with Crippen molar-refractivity contribution in [1.29, 1.82) is 0 Å². The fraction of sp³-hybridized carbons (Fsp3) is 0.588. The lowest BCUT2D eigenvalue weighted by Gasteiger charge is -2.57. The van der Waals surface area contributed by atoms with Crippen LogP contribution in [0.1, 0.15) is 44.1 Å². The number of halogens is 1. The smallest absolute Gasteiger partial charge is 0.107 e. The zero-order valence-corrected chi connectivity index (χ0v) is 14.5. The third-order valence-corrected chi connectivity index (χ3v) is 6.56. The van der Waals surface area contributed by atoms with Crippen molar-refractivity contribution in [3.63, 3.8) is 0 Å². The van der Waals surface area contributed by atoms with Gasteiger partial charge in [-0.05, 0) is 84.3 Å². The normalized spacial score (nSPS) is 36.7. The minimum Gasteiger partial charge on any atom is -0.389 e. The highest BCUT2D eigenvalue weighted by Gasteiger charge is 2.51. The summed E-state index contributed by atoms with van der Waals surface area (Å²) in [4.78, 5) is 0.467. The van der Waals surface area contributed by atoms with Crippen LogP contribution in [0.4, 0.5) is 5.69 Å². The summed E-state index contributed by atoms with van der Waals surface area (Å²) in [5.74, 6) is 2.80. The fourth-order valence-electron chi connectivity index (χ4n) is 5.43. The molecule has 4 saturated carbocycles. The zero-order chi connectivity index (χ0) is 14.6. The van der Waals surface area contributed by atoms with Crippen molar-refractivity contribution in [3.8, 4) is 0 Å². The Labute approximate surface area is 140 Å². The molecule has 2 nitrogen and oxygen atoms in total. The van der Waals surface area contributed by atoms with Gasteiger partial charge in [-0.15, -0.1) is 0 Å². The van der Waals surface area contributed by atoms with E-state index in [1.165, 1.54) is 38.5 Å². The van der Waals surface area contributed by atoms with Crippen LogP contribution >= 0.6 is 28.1 Å². The lowest BCUT2D eigenvalue weighted by Crippen LogP contribution is -2.55. The molecule has 3 N–H and O–H groups in total. The molecule has 0 amide bonds. The van der Waals surface area contributed by atoms with Gasteiger partial charge in [-0.3, -0.25) is 0 Å². The predicted octanol–water partition coefficient (Wildman–Crippen LogP) is 4.46. The van der Waals surface area contributed by atoms with Crippen LogP contribution in [-0.2, 0) is 0 Å². The van der Waals surface area contributed by atoms with E-state index in [4.69, 9.17) is 18.0 Å². The van der Waals surface area contributed by atoms with Crippen molar-refractivity contribution in [2.24, 2.45) is 23.5 Å². The Morgan fingerprint density at radius 2 is 1.71 bits per heavy atom. The van der Waals surface area contributed by atoms with E-state index in [9.17, 15) is 0 Å². The molecule has 4 fully saturated rings. The van der Waals surface area contributed by atoms with E-state index in [0.29, 0.717) is 4.99 Å². The zero-order valence-electron chi connectivity index (χ0n) is 12.1. The molecule has 5 rings (SSSR count). The molecule has 1 aromatic carbocycles. The Balaban J connectivity index is 1.67. The number of hydrogen-bond acceptors (Lipinski definition) is 2. The largest absolute Gasteiger partial charge is 0.389 e. The quantitative estimate of drug-likeness (QED) is 0.777. The maximum atomic E-state index is 5.94. The summed E-state index contributed by atoms with van der Waals surface area (Å²) in [6.07, 6.45) is 8.34. The summed E-state index contributed by atoms with van der Waals surface area (Å²) in [5, 5.41) is 3.88. The van der Waals surface area contributed by atoms with Gasteiger partial charge in [0.25, 0.3) is 0 Å². The van der Waals surface area contributed by atoms with Crippen LogP contribution in [0, 0.1) is 17.8 Å². The number of thiocarbonyl (C=S) groups is 1. The Morgan fingerprint density at radius 1 is 1.14 bits per heavy atom. The molecule has 0 aliphatic heterocycles. The molecule has 4 heteroatoms. The van der Waals surface area contributed by atoms with Crippen LogP contribution < -0.4 is 11.1 Å². The van der Waals surface area contributed by atoms with Gasteiger partial charge in [0, 0.05) is 21.3 Å². The minimum atomic E-state index is 0.287. The van der Waals surface area contributed by atoms with Gasteiger partial charge in [-0.25, -0.2) is 0 Å². The monoisotopic (exact) mass is 364 g/mol.